The molecular formula is C13H13N3O2. The zero-order valence-corrected chi connectivity index (χ0v) is 9.63. The van der Waals surface area contributed by atoms with Crippen LogP contribution in [0.4, 0.5) is 0 Å². The van der Waals surface area contributed by atoms with Gasteiger partial charge < -0.3 is 10.4 Å². The topological polar surface area (TPSA) is 78.0 Å². The Morgan fingerprint density at radius 1 is 1.44 bits per heavy atom. The molecule has 5 nitrogen and oxygen atoms in total. The highest BCUT2D eigenvalue weighted by molar-refractivity contribution is 5.94. The Morgan fingerprint density at radius 2 is 2.28 bits per heavy atom. The summed E-state index contributed by atoms with van der Waals surface area (Å²) in [5.41, 5.74) is 2.54. The van der Waals surface area contributed by atoms with E-state index in [0.29, 0.717) is 12.0 Å². The number of hydrogen-bond donors (Lipinski definition) is 3. The molecule has 18 heavy (non-hydrogen) atoms. The van der Waals surface area contributed by atoms with Crippen LogP contribution in [0.5, 0.6) is 0 Å². The van der Waals surface area contributed by atoms with Gasteiger partial charge >= 0.3 is 0 Å². The van der Waals surface area contributed by atoms with Gasteiger partial charge in [-0.05, 0) is 11.1 Å². The summed E-state index contributed by atoms with van der Waals surface area (Å²) in [6, 6.07) is 7.41. The minimum absolute atomic E-state index is 0.232. The van der Waals surface area contributed by atoms with Crippen LogP contribution >= 0.6 is 0 Å². The van der Waals surface area contributed by atoms with E-state index in [1.165, 1.54) is 12.4 Å². The van der Waals surface area contributed by atoms with Crippen molar-refractivity contribution in [3.8, 4) is 0 Å². The van der Waals surface area contributed by atoms with Crippen LogP contribution < -0.4 is 5.32 Å². The van der Waals surface area contributed by atoms with Crippen LogP contribution in [0.15, 0.2) is 36.7 Å². The highest BCUT2D eigenvalue weighted by atomic mass is 16.3. The number of aromatic nitrogens is 2. The second-order valence-corrected chi connectivity index (χ2v) is 4.41. The lowest BCUT2D eigenvalue weighted by atomic mass is 10.1. The van der Waals surface area contributed by atoms with E-state index in [2.05, 4.69) is 15.5 Å². The quantitative estimate of drug-likeness (QED) is 0.730. The maximum Gasteiger partial charge on any atom is 0.255 e. The third kappa shape index (κ3) is 1.78. The predicted molar refractivity (Wildman–Crippen MR) is 64.9 cm³/mol. The van der Waals surface area contributed by atoms with Crippen molar-refractivity contribution >= 4 is 5.91 Å². The lowest BCUT2D eigenvalue weighted by Gasteiger charge is -2.17. The van der Waals surface area contributed by atoms with Crippen LogP contribution in [-0.4, -0.2) is 27.3 Å². The van der Waals surface area contributed by atoms with Crippen LogP contribution in [0.3, 0.4) is 0 Å². The van der Waals surface area contributed by atoms with Gasteiger partial charge in [-0.15, -0.1) is 0 Å². The molecule has 3 rings (SSSR count). The molecule has 0 fully saturated rings. The van der Waals surface area contributed by atoms with Gasteiger partial charge in [0.2, 0.25) is 0 Å². The summed E-state index contributed by atoms with van der Waals surface area (Å²) in [5.74, 6) is -0.232. The zero-order chi connectivity index (χ0) is 12.5. The molecule has 2 unspecified atom stereocenters. The molecule has 0 aliphatic heterocycles. The largest absolute Gasteiger partial charge is 0.390 e. The van der Waals surface area contributed by atoms with Crippen LogP contribution in [-0.2, 0) is 6.42 Å². The summed E-state index contributed by atoms with van der Waals surface area (Å²) < 4.78 is 0. The third-order valence-corrected chi connectivity index (χ3v) is 3.25. The Kier molecular flexibility index (Phi) is 2.60. The van der Waals surface area contributed by atoms with E-state index in [4.69, 9.17) is 0 Å². The van der Waals surface area contributed by atoms with Gasteiger partial charge in [0, 0.05) is 12.6 Å². The van der Waals surface area contributed by atoms with Gasteiger partial charge in [0.05, 0.1) is 23.9 Å². The molecule has 2 atom stereocenters. The highest BCUT2D eigenvalue weighted by Gasteiger charge is 2.32. The molecule has 0 radical (unpaired) electrons. The molecule has 2 aromatic rings. The molecule has 1 aliphatic carbocycles. The number of H-pyrrole nitrogens is 1. The second-order valence-electron chi connectivity index (χ2n) is 4.41. The molecule has 5 heteroatoms. The van der Waals surface area contributed by atoms with Gasteiger partial charge in [0.15, 0.2) is 0 Å². The Bertz CT molecular complexity index is 565. The van der Waals surface area contributed by atoms with E-state index < -0.39 is 6.10 Å². The van der Waals surface area contributed by atoms with Crippen molar-refractivity contribution in [2.24, 2.45) is 0 Å². The van der Waals surface area contributed by atoms with Crippen molar-refractivity contribution in [2.75, 3.05) is 0 Å². The summed E-state index contributed by atoms with van der Waals surface area (Å²) in [7, 11) is 0. The van der Waals surface area contributed by atoms with Crippen molar-refractivity contribution in [2.45, 2.75) is 18.6 Å². The molecular weight excluding hydrogens is 230 g/mol. The van der Waals surface area contributed by atoms with Gasteiger partial charge in [-0.2, -0.15) is 5.10 Å². The molecule has 0 saturated heterocycles. The lowest BCUT2D eigenvalue weighted by molar-refractivity contribution is 0.0858. The fourth-order valence-corrected chi connectivity index (χ4v) is 2.35. The predicted octanol–water partition coefficient (Wildman–Crippen LogP) is 0.798. The SMILES string of the molecule is O=C(NC1c2ccccc2CC1O)c1cn[nH]c1. The van der Waals surface area contributed by atoms with E-state index in [1.807, 2.05) is 24.3 Å². The first-order valence-corrected chi connectivity index (χ1v) is 5.81. The number of carbonyl (C=O) groups is 1. The molecule has 1 heterocycles. The van der Waals surface area contributed by atoms with Gasteiger partial charge in [0.25, 0.3) is 5.91 Å². The van der Waals surface area contributed by atoms with E-state index in [-0.39, 0.29) is 11.9 Å². The van der Waals surface area contributed by atoms with Crippen LogP contribution in [0.1, 0.15) is 27.5 Å². The van der Waals surface area contributed by atoms with Crippen molar-refractivity contribution in [3.05, 3.63) is 53.3 Å². The van der Waals surface area contributed by atoms with Gasteiger partial charge in [-0.1, -0.05) is 24.3 Å². The number of fused-ring (bicyclic) bond motifs is 1. The highest BCUT2D eigenvalue weighted by Crippen LogP contribution is 2.31. The fourth-order valence-electron chi connectivity index (χ4n) is 2.35. The Morgan fingerprint density at radius 3 is 3.06 bits per heavy atom. The van der Waals surface area contributed by atoms with Crippen LogP contribution in [0, 0.1) is 0 Å². The van der Waals surface area contributed by atoms with Crippen LogP contribution in [0.25, 0.3) is 0 Å². The van der Waals surface area contributed by atoms with Gasteiger partial charge in [-0.25, -0.2) is 0 Å². The summed E-state index contributed by atoms with van der Waals surface area (Å²) in [6.07, 6.45) is 3.00. The number of amides is 1. The Labute approximate surface area is 104 Å². The van der Waals surface area contributed by atoms with Crippen molar-refractivity contribution in [1.29, 1.82) is 0 Å². The molecule has 0 saturated carbocycles. The molecule has 1 aromatic heterocycles. The zero-order valence-electron chi connectivity index (χ0n) is 9.63. The number of carbonyl (C=O) groups excluding carboxylic acids is 1. The maximum atomic E-state index is 11.9. The van der Waals surface area contributed by atoms with E-state index in [1.54, 1.807) is 0 Å². The minimum atomic E-state index is -0.571. The molecule has 3 N–H and O–H groups in total. The number of aliphatic hydroxyl groups excluding tert-OH is 1. The number of nitrogens with zero attached hydrogens (tertiary/aromatic N) is 1. The number of benzene rings is 1. The smallest absolute Gasteiger partial charge is 0.255 e. The van der Waals surface area contributed by atoms with E-state index in [9.17, 15) is 9.90 Å². The van der Waals surface area contributed by atoms with Crippen molar-refractivity contribution < 1.29 is 9.90 Å². The van der Waals surface area contributed by atoms with Crippen LogP contribution in [0.2, 0.25) is 0 Å². The second kappa shape index (κ2) is 4.27. The molecule has 92 valence electrons. The normalized spacial score (nSPS) is 21.6. The number of aliphatic hydroxyl groups is 1. The number of rotatable bonds is 2. The molecule has 1 amide bonds. The molecule has 0 spiro atoms. The first kappa shape index (κ1) is 11.0. The maximum absolute atomic E-state index is 11.9. The summed E-state index contributed by atoms with van der Waals surface area (Å²) in [5, 5.41) is 19.2. The lowest BCUT2D eigenvalue weighted by Crippen LogP contribution is -2.33. The molecule has 0 bridgehead atoms. The van der Waals surface area contributed by atoms with Crippen molar-refractivity contribution in [1.82, 2.24) is 15.5 Å². The summed E-state index contributed by atoms with van der Waals surface area (Å²) >= 11 is 0. The van der Waals surface area contributed by atoms with Gasteiger partial charge in [0.1, 0.15) is 0 Å². The van der Waals surface area contributed by atoms with E-state index >= 15 is 0 Å². The van der Waals surface area contributed by atoms with Gasteiger partial charge in [-0.3, -0.25) is 9.89 Å². The molecule has 1 aliphatic rings. The Balaban J connectivity index is 1.83. The monoisotopic (exact) mass is 243 g/mol. The third-order valence-electron chi connectivity index (χ3n) is 3.25. The summed E-state index contributed by atoms with van der Waals surface area (Å²) in [4.78, 5) is 11.9. The number of aromatic amines is 1. The fraction of sp³-hybridized carbons (Fsp3) is 0.231. The standard InChI is InChI=1S/C13H13N3O2/c17-11-5-8-3-1-2-4-10(8)12(11)16-13(18)9-6-14-15-7-9/h1-4,6-7,11-12,17H,5H2,(H,14,15)(H,16,18). The molecule has 1 aromatic carbocycles. The first-order chi connectivity index (χ1) is 8.75. The number of nitrogens with one attached hydrogen (secondary N) is 2. The minimum Gasteiger partial charge on any atom is -0.390 e. The summed E-state index contributed by atoms with van der Waals surface area (Å²) in [6.45, 7) is 0. The Hall–Kier alpha value is -2.14. The first-order valence-electron chi connectivity index (χ1n) is 5.81. The van der Waals surface area contributed by atoms with Crippen molar-refractivity contribution in [3.63, 3.8) is 0 Å². The average molecular weight is 243 g/mol. The van der Waals surface area contributed by atoms with E-state index in [0.717, 1.165) is 11.1 Å². The average Bonchev–Trinajstić information content (AvgIpc) is 2.98. The number of hydrogen-bond acceptors (Lipinski definition) is 3.